The van der Waals surface area contributed by atoms with Gasteiger partial charge in [-0.2, -0.15) is 30.6 Å². The second kappa shape index (κ2) is 11.9. The number of hydrogen-bond acceptors (Lipinski definition) is 4. The van der Waals surface area contributed by atoms with Crippen molar-refractivity contribution in [3.05, 3.63) is 70.8 Å². The first-order chi connectivity index (χ1) is 20.2. The number of piperazine rings is 1. The van der Waals surface area contributed by atoms with Gasteiger partial charge in [-0.25, -0.2) is 13.2 Å². The maximum atomic E-state index is 13.9. The Hall–Kier alpha value is -3.33. The molecule has 2 heterocycles. The van der Waals surface area contributed by atoms with Crippen LogP contribution in [0.1, 0.15) is 42.0 Å². The van der Waals surface area contributed by atoms with Crippen molar-refractivity contribution in [2.24, 2.45) is 0 Å². The number of nitrogens with zero attached hydrogens (tertiary/aromatic N) is 4. The van der Waals surface area contributed by atoms with Gasteiger partial charge in [-0.3, -0.25) is 4.79 Å². The average molecular weight is 649 g/mol. The molecule has 44 heavy (non-hydrogen) atoms. The van der Waals surface area contributed by atoms with Gasteiger partial charge in [0, 0.05) is 52.2 Å². The van der Waals surface area contributed by atoms with Crippen LogP contribution in [0.2, 0.25) is 0 Å². The van der Waals surface area contributed by atoms with Gasteiger partial charge in [0.05, 0.1) is 28.8 Å². The van der Waals surface area contributed by atoms with Crippen LogP contribution in [0, 0.1) is 0 Å². The lowest BCUT2D eigenvalue weighted by Crippen LogP contribution is -2.54. The highest BCUT2D eigenvalue weighted by molar-refractivity contribution is 7.88. The van der Waals surface area contributed by atoms with E-state index in [9.17, 15) is 44.3 Å². The van der Waals surface area contributed by atoms with Crippen LogP contribution >= 0.6 is 0 Å². The van der Waals surface area contributed by atoms with Gasteiger partial charge in [-0.05, 0) is 43.2 Å². The number of rotatable bonds is 5. The van der Waals surface area contributed by atoms with Crippen LogP contribution in [0.25, 0.3) is 0 Å². The lowest BCUT2D eigenvalue weighted by atomic mass is 9.80. The van der Waals surface area contributed by atoms with E-state index in [1.807, 2.05) is 12.1 Å². The molecule has 0 spiro atoms. The molecule has 0 aliphatic carbocycles. The standard InChI is InChI=1S/C29H34F6N4O4S/c1-27(2,20-14-21(28(30,31)32)16-22(15-20)29(33,34)35)25(40)36(3)24-18-38(17-23(24)19-8-6-5-7-9-19)26(41)37-10-12-39(13-11-37)44(4,42)43/h5-9,14-16,23-24H,10-13,17-18H2,1-4H3. The molecule has 0 N–H and O–H groups in total. The summed E-state index contributed by atoms with van der Waals surface area (Å²) in [4.78, 5) is 31.8. The van der Waals surface area contributed by atoms with Crippen molar-refractivity contribution < 1.29 is 44.3 Å². The first-order valence-electron chi connectivity index (χ1n) is 13.8. The number of carbonyl (C=O) groups is 2. The summed E-state index contributed by atoms with van der Waals surface area (Å²) in [5, 5.41) is 0. The molecule has 2 aliphatic rings. The fraction of sp³-hybridized carbons (Fsp3) is 0.517. The number of amides is 3. The fourth-order valence-corrected chi connectivity index (χ4v) is 6.63. The van der Waals surface area contributed by atoms with E-state index in [0.717, 1.165) is 11.8 Å². The predicted octanol–water partition coefficient (Wildman–Crippen LogP) is 4.63. The molecular weight excluding hydrogens is 614 g/mol. The first-order valence-corrected chi connectivity index (χ1v) is 15.7. The molecule has 3 amide bonds. The van der Waals surface area contributed by atoms with Gasteiger partial charge in [0.15, 0.2) is 0 Å². The van der Waals surface area contributed by atoms with Crippen LogP contribution in [0.3, 0.4) is 0 Å². The van der Waals surface area contributed by atoms with Crippen LogP contribution < -0.4 is 0 Å². The summed E-state index contributed by atoms with van der Waals surface area (Å²) in [6, 6.07) is 9.16. The van der Waals surface area contributed by atoms with Crippen molar-refractivity contribution in [2.45, 2.75) is 43.6 Å². The minimum absolute atomic E-state index is 0.0232. The Balaban J connectivity index is 1.63. The Kier molecular flexibility index (Phi) is 9.06. The number of alkyl halides is 6. The molecular formula is C29H34F6N4O4S. The molecule has 2 aromatic carbocycles. The molecule has 4 rings (SSSR count). The van der Waals surface area contributed by atoms with E-state index >= 15 is 0 Å². The number of likely N-dealkylation sites (tertiary alicyclic amines) is 1. The van der Waals surface area contributed by atoms with Crippen molar-refractivity contribution in [1.82, 2.24) is 19.0 Å². The van der Waals surface area contributed by atoms with Gasteiger partial charge in [0.1, 0.15) is 0 Å². The van der Waals surface area contributed by atoms with E-state index in [1.54, 1.807) is 23.1 Å². The third-order valence-electron chi connectivity index (χ3n) is 8.43. The predicted molar refractivity (Wildman–Crippen MR) is 150 cm³/mol. The third kappa shape index (κ3) is 6.98. The number of carbonyl (C=O) groups excluding carboxylic acids is 2. The van der Waals surface area contributed by atoms with Crippen molar-refractivity contribution >= 4 is 22.0 Å². The summed E-state index contributed by atoms with van der Waals surface area (Å²) in [5.74, 6) is -1.12. The minimum atomic E-state index is -5.07. The van der Waals surface area contributed by atoms with Crippen molar-refractivity contribution in [2.75, 3.05) is 52.6 Å². The fourth-order valence-electron chi connectivity index (χ4n) is 5.80. The van der Waals surface area contributed by atoms with Crippen LogP contribution in [0.4, 0.5) is 31.1 Å². The first kappa shape index (κ1) is 33.6. The molecule has 2 saturated heterocycles. The number of hydrogen-bond donors (Lipinski definition) is 0. The summed E-state index contributed by atoms with van der Waals surface area (Å²) in [7, 11) is -1.98. The van der Waals surface area contributed by atoms with Gasteiger partial charge < -0.3 is 14.7 Å². The van der Waals surface area contributed by atoms with Crippen molar-refractivity contribution in [1.29, 1.82) is 0 Å². The molecule has 0 radical (unpaired) electrons. The Morgan fingerprint density at radius 3 is 1.77 bits per heavy atom. The molecule has 15 heteroatoms. The summed E-state index contributed by atoms with van der Waals surface area (Å²) in [6.07, 6.45) is -9.05. The lowest BCUT2D eigenvalue weighted by Gasteiger charge is -2.37. The van der Waals surface area contributed by atoms with E-state index < -0.39 is 62.3 Å². The molecule has 2 aromatic rings. The average Bonchev–Trinajstić information content (AvgIpc) is 3.40. The largest absolute Gasteiger partial charge is 0.416 e. The van der Waals surface area contributed by atoms with Crippen LogP contribution in [-0.4, -0.2) is 98.0 Å². The van der Waals surface area contributed by atoms with Crippen LogP contribution in [0.15, 0.2) is 48.5 Å². The van der Waals surface area contributed by atoms with Gasteiger partial charge in [0.25, 0.3) is 0 Å². The zero-order valence-corrected chi connectivity index (χ0v) is 25.4. The molecule has 0 bridgehead atoms. The molecule has 242 valence electrons. The minimum Gasteiger partial charge on any atom is -0.340 e. The normalized spacial score (nSPS) is 20.6. The van der Waals surface area contributed by atoms with Gasteiger partial charge in [-0.1, -0.05) is 30.3 Å². The Morgan fingerprint density at radius 1 is 0.795 bits per heavy atom. The maximum Gasteiger partial charge on any atom is 0.416 e. The van der Waals surface area contributed by atoms with E-state index in [4.69, 9.17) is 0 Å². The van der Waals surface area contributed by atoms with E-state index in [0.29, 0.717) is 12.1 Å². The van der Waals surface area contributed by atoms with E-state index in [-0.39, 0.29) is 51.4 Å². The van der Waals surface area contributed by atoms with Crippen LogP contribution in [-0.2, 0) is 32.6 Å². The molecule has 2 atom stereocenters. The van der Waals surface area contributed by atoms with E-state index in [1.165, 1.54) is 35.0 Å². The second-order valence-electron chi connectivity index (χ2n) is 11.8. The number of urea groups is 1. The second-order valence-corrected chi connectivity index (χ2v) is 13.7. The molecule has 8 nitrogen and oxygen atoms in total. The van der Waals surface area contributed by atoms with E-state index in [2.05, 4.69) is 0 Å². The Morgan fingerprint density at radius 2 is 1.30 bits per heavy atom. The van der Waals surface area contributed by atoms with Gasteiger partial charge >= 0.3 is 18.4 Å². The summed E-state index contributed by atoms with van der Waals surface area (Å²) in [6.45, 7) is 3.40. The van der Waals surface area contributed by atoms with Crippen molar-refractivity contribution in [3.8, 4) is 0 Å². The highest BCUT2D eigenvalue weighted by Gasteiger charge is 2.46. The molecule has 2 fully saturated rings. The number of sulfonamides is 1. The molecule has 0 aromatic heterocycles. The maximum absolute atomic E-state index is 13.9. The SMILES string of the molecule is CN(C(=O)C(C)(C)c1cc(C(F)(F)F)cc(C(F)(F)F)c1)C1CN(C(=O)N2CCN(S(C)(=O)=O)CC2)CC1c1ccccc1. The van der Waals surface area contributed by atoms with Crippen LogP contribution in [0.5, 0.6) is 0 Å². The third-order valence-corrected chi connectivity index (χ3v) is 9.73. The zero-order chi connectivity index (χ0) is 32.8. The lowest BCUT2D eigenvalue weighted by molar-refractivity contribution is -0.144. The Bertz CT molecular complexity index is 1460. The zero-order valence-electron chi connectivity index (χ0n) is 24.6. The molecule has 2 unspecified atom stereocenters. The highest BCUT2D eigenvalue weighted by atomic mass is 32.2. The van der Waals surface area contributed by atoms with Crippen molar-refractivity contribution in [3.63, 3.8) is 0 Å². The smallest absolute Gasteiger partial charge is 0.340 e. The van der Waals surface area contributed by atoms with Gasteiger partial charge in [-0.15, -0.1) is 0 Å². The topological polar surface area (TPSA) is 81.2 Å². The highest BCUT2D eigenvalue weighted by Crippen LogP contribution is 2.40. The summed E-state index contributed by atoms with van der Waals surface area (Å²) in [5.41, 5.74) is -4.47. The Labute approximate surface area is 252 Å². The summed E-state index contributed by atoms with van der Waals surface area (Å²) < 4.78 is 107. The number of benzene rings is 2. The monoisotopic (exact) mass is 648 g/mol. The van der Waals surface area contributed by atoms with Gasteiger partial charge in [0.2, 0.25) is 15.9 Å². The molecule has 0 saturated carbocycles. The quantitative estimate of drug-likeness (QED) is 0.444. The number of likely N-dealkylation sites (N-methyl/N-ethyl adjacent to an activating group) is 1. The molecule has 2 aliphatic heterocycles. The number of halogens is 6. The summed E-state index contributed by atoms with van der Waals surface area (Å²) >= 11 is 0.